The molecule has 1 amide bonds. The van der Waals surface area contributed by atoms with Crippen molar-refractivity contribution in [1.82, 2.24) is 9.13 Å². The third-order valence-corrected chi connectivity index (χ3v) is 9.55. The van der Waals surface area contributed by atoms with Crippen LogP contribution in [-0.2, 0) is 11.3 Å². The summed E-state index contributed by atoms with van der Waals surface area (Å²) in [4.78, 5) is 33.6. The number of benzene rings is 4. The maximum Gasteiger partial charge on any atom is 0.271 e. The molecule has 1 aliphatic rings. The maximum absolute atomic E-state index is 14.7. The Hall–Kier alpha value is -5.54. The number of nitrogens with zero attached hydrogens (tertiary/aromatic N) is 3. The molecule has 7 nitrogen and oxygen atoms in total. The van der Waals surface area contributed by atoms with Gasteiger partial charge in [0.1, 0.15) is 11.6 Å². The molecule has 0 aliphatic carbocycles. The Morgan fingerprint density at radius 3 is 2.40 bits per heavy atom. The first-order valence-corrected chi connectivity index (χ1v) is 16.0. The second-order valence-electron chi connectivity index (χ2n) is 11.4. The van der Waals surface area contributed by atoms with Crippen molar-refractivity contribution in [2.75, 3.05) is 12.4 Å². The highest BCUT2D eigenvalue weighted by Gasteiger charge is 2.32. The van der Waals surface area contributed by atoms with E-state index in [1.165, 1.54) is 17.4 Å². The van der Waals surface area contributed by atoms with E-state index in [4.69, 9.17) is 9.73 Å². The minimum absolute atomic E-state index is 0.252. The van der Waals surface area contributed by atoms with Crippen LogP contribution in [0.4, 0.5) is 10.1 Å². The highest BCUT2D eigenvalue weighted by atomic mass is 32.1. The molecule has 3 heterocycles. The highest BCUT2D eigenvalue weighted by Crippen LogP contribution is 2.32. The van der Waals surface area contributed by atoms with Gasteiger partial charge in [0.05, 0.1) is 35.5 Å². The topological polar surface area (TPSA) is 77.6 Å². The fraction of sp³-hybridized carbons (Fsp3) is 0.132. The summed E-state index contributed by atoms with van der Waals surface area (Å²) in [5.41, 5.74) is 5.37. The molecule has 0 spiro atoms. The molecule has 0 radical (unpaired) electrons. The number of carbonyl (C=O) groups is 1. The van der Waals surface area contributed by atoms with Gasteiger partial charge in [0, 0.05) is 33.4 Å². The van der Waals surface area contributed by atoms with E-state index < -0.39 is 6.04 Å². The molecular formula is C38H31FN4O3S. The standard InChI is InChI=1S/C38H31FN4O3S/c1-23-34(36(44)41-27-12-5-4-6-13-27)35(25-17-19-28(46-3)20-18-25)43-37(45)33(47-38(43)40-23)21-30-24(2)42(32-16-10-8-14-29(30)32)22-26-11-7-9-15-31(26)39/h4-21,35H,22H2,1-3H3,(H,41,44)/b33-21+/t35-/m1/s1. The number of nitrogens with one attached hydrogen (secondary N) is 1. The second kappa shape index (κ2) is 12.3. The number of hydrogen-bond acceptors (Lipinski definition) is 5. The van der Waals surface area contributed by atoms with E-state index in [-0.39, 0.29) is 17.3 Å². The highest BCUT2D eigenvalue weighted by molar-refractivity contribution is 7.07. The molecule has 0 saturated carbocycles. The molecule has 0 fully saturated rings. The molecule has 234 valence electrons. The van der Waals surface area contributed by atoms with Crippen LogP contribution in [0.25, 0.3) is 17.0 Å². The van der Waals surface area contributed by atoms with Crippen LogP contribution in [0.5, 0.6) is 5.75 Å². The van der Waals surface area contributed by atoms with Crippen molar-refractivity contribution in [2.24, 2.45) is 4.99 Å². The Labute approximate surface area is 274 Å². The van der Waals surface area contributed by atoms with E-state index in [0.717, 1.165) is 27.7 Å². The Bertz CT molecular complexity index is 2370. The maximum atomic E-state index is 14.7. The lowest BCUT2D eigenvalue weighted by molar-refractivity contribution is -0.113. The smallest absolute Gasteiger partial charge is 0.271 e. The van der Waals surface area contributed by atoms with Crippen LogP contribution >= 0.6 is 11.3 Å². The van der Waals surface area contributed by atoms with Crippen LogP contribution in [0, 0.1) is 12.7 Å². The minimum Gasteiger partial charge on any atom is -0.497 e. The summed E-state index contributed by atoms with van der Waals surface area (Å²) in [6.07, 6.45) is 1.90. The lowest BCUT2D eigenvalue weighted by Gasteiger charge is -2.25. The van der Waals surface area contributed by atoms with Gasteiger partial charge in [-0.3, -0.25) is 14.2 Å². The molecule has 9 heteroatoms. The number of ether oxygens (including phenoxy) is 1. The van der Waals surface area contributed by atoms with Gasteiger partial charge in [-0.05, 0) is 61.9 Å². The summed E-state index contributed by atoms with van der Waals surface area (Å²) >= 11 is 1.29. The molecule has 47 heavy (non-hydrogen) atoms. The summed E-state index contributed by atoms with van der Waals surface area (Å²) in [7, 11) is 1.59. The fourth-order valence-electron chi connectivity index (χ4n) is 6.21. The summed E-state index contributed by atoms with van der Waals surface area (Å²) in [5, 5.41) is 3.94. The number of thiazole rings is 1. The Kier molecular flexibility index (Phi) is 7.91. The lowest BCUT2D eigenvalue weighted by Crippen LogP contribution is -2.40. The molecule has 1 aliphatic heterocycles. The normalized spacial score (nSPS) is 14.6. The number of hydrogen-bond donors (Lipinski definition) is 1. The number of rotatable bonds is 7. The SMILES string of the molecule is COc1ccc([C@@H]2C(C(=O)Nc3ccccc3)=C(C)N=c3s/c(=C/c4c(C)n(Cc5ccccc5F)c5ccccc45)c(=O)n32)cc1. The van der Waals surface area contributed by atoms with Crippen LogP contribution in [0.15, 0.2) is 124 Å². The van der Waals surface area contributed by atoms with Gasteiger partial charge < -0.3 is 14.6 Å². The molecule has 6 aromatic rings. The number of aromatic nitrogens is 2. The first-order valence-electron chi connectivity index (χ1n) is 15.2. The van der Waals surface area contributed by atoms with E-state index in [2.05, 4.69) is 9.88 Å². The van der Waals surface area contributed by atoms with Crippen molar-refractivity contribution in [3.8, 4) is 5.75 Å². The van der Waals surface area contributed by atoms with Gasteiger partial charge in [-0.1, -0.05) is 78.1 Å². The summed E-state index contributed by atoms with van der Waals surface area (Å²) < 4.78 is 24.2. The zero-order valence-electron chi connectivity index (χ0n) is 26.0. The van der Waals surface area contributed by atoms with Crippen LogP contribution in [0.3, 0.4) is 0 Å². The number of halogens is 1. The number of para-hydroxylation sites is 2. The van der Waals surface area contributed by atoms with Gasteiger partial charge in [0.15, 0.2) is 4.80 Å². The van der Waals surface area contributed by atoms with Gasteiger partial charge in [-0.25, -0.2) is 9.38 Å². The Morgan fingerprint density at radius 1 is 0.957 bits per heavy atom. The number of carbonyl (C=O) groups excluding carboxylic acids is 1. The van der Waals surface area contributed by atoms with Gasteiger partial charge in [-0.2, -0.15) is 0 Å². The van der Waals surface area contributed by atoms with Crippen molar-refractivity contribution < 1.29 is 13.9 Å². The monoisotopic (exact) mass is 642 g/mol. The Morgan fingerprint density at radius 2 is 1.66 bits per heavy atom. The predicted molar refractivity (Wildman–Crippen MR) is 184 cm³/mol. The van der Waals surface area contributed by atoms with E-state index in [0.29, 0.717) is 44.1 Å². The van der Waals surface area contributed by atoms with E-state index in [1.54, 1.807) is 30.7 Å². The van der Waals surface area contributed by atoms with Gasteiger partial charge in [0.2, 0.25) is 0 Å². The van der Waals surface area contributed by atoms with Crippen LogP contribution in [-0.4, -0.2) is 22.2 Å². The van der Waals surface area contributed by atoms with Crippen molar-refractivity contribution in [2.45, 2.75) is 26.4 Å². The predicted octanol–water partition coefficient (Wildman–Crippen LogP) is 6.33. The average Bonchev–Trinajstić information content (AvgIpc) is 3.53. The van der Waals surface area contributed by atoms with E-state index in [9.17, 15) is 14.0 Å². The lowest BCUT2D eigenvalue weighted by atomic mass is 9.95. The first kappa shape index (κ1) is 30.1. The van der Waals surface area contributed by atoms with Crippen LogP contribution in [0.1, 0.15) is 35.3 Å². The summed E-state index contributed by atoms with van der Waals surface area (Å²) in [5.74, 6) is 0.0690. The molecule has 0 bridgehead atoms. The number of fused-ring (bicyclic) bond motifs is 2. The Balaban J connectivity index is 1.39. The number of anilines is 1. The zero-order valence-corrected chi connectivity index (χ0v) is 26.8. The molecule has 0 unspecified atom stereocenters. The summed E-state index contributed by atoms with van der Waals surface area (Å²) in [6, 6.07) is 30.6. The minimum atomic E-state index is -0.716. The summed E-state index contributed by atoms with van der Waals surface area (Å²) in [6.45, 7) is 4.14. The zero-order chi connectivity index (χ0) is 32.7. The molecule has 7 rings (SSSR count). The quantitative estimate of drug-likeness (QED) is 0.221. The molecule has 1 atom stereocenters. The molecule has 1 N–H and O–H groups in total. The van der Waals surface area contributed by atoms with Crippen LogP contribution < -0.4 is 24.9 Å². The van der Waals surface area contributed by atoms with Crippen molar-refractivity contribution in [3.63, 3.8) is 0 Å². The molecule has 2 aromatic heterocycles. The average molecular weight is 643 g/mol. The largest absolute Gasteiger partial charge is 0.497 e. The van der Waals surface area contributed by atoms with Gasteiger partial charge >= 0.3 is 0 Å². The van der Waals surface area contributed by atoms with Crippen molar-refractivity contribution >= 4 is 39.9 Å². The molecule has 4 aromatic carbocycles. The van der Waals surface area contributed by atoms with Gasteiger partial charge in [-0.15, -0.1) is 0 Å². The molecular weight excluding hydrogens is 612 g/mol. The van der Waals surface area contributed by atoms with Crippen molar-refractivity contribution in [3.05, 3.63) is 162 Å². The number of allylic oxidation sites excluding steroid dienone is 1. The molecule has 0 saturated heterocycles. The third kappa shape index (κ3) is 5.48. The fourth-order valence-corrected chi connectivity index (χ4v) is 7.23. The number of amides is 1. The number of methoxy groups -OCH3 is 1. The van der Waals surface area contributed by atoms with E-state index >= 15 is 0 Å². The second-order valence-corrected chi connectivity index (χ2v) is 12.4. The van der Waals surface area contributed by atoms with Gasteiger partial charge in [0.25, 0.3) is 11.5 Å². The van der Waals surface area contributed by atoms with Crippen molar-refractivity contribution in [1.29, 1.82) is 0 Å². The van der Waals surface area contributed by atoms with E-state index in [1.807, 2.05) is 97.9 Å². The van der Waals surface area contributed by atoms with Crippen LogP contribution in [0.2, 0.25) is 0 Å². The first-order chi connectivity index (χ1) is 22.8. The third-order valence-electron chi connectivity index (χ3n) is 8.57.